The fourth-order valence-corrected chi connectivity index (χ4v) is 3.37. The Morgan fingerprint density at radius 3 is 3.09 bits per heavy atom. The summed E-state index contributed by atoms with van der Waals surface area (Å²) < 4.78 is 1.91. The molecule has 1 aromatic carbocycles. The fraction of sp³-hybridized carbons (Fsp3) is 0.353. The number of nitrogens with zero attached hydrogens (tertiary/aromatic N) is 4. The van der Waals surface area contributed by atoms with Gasteiger partial charge in [-0.25, -0.2) is 9.97 Å². The first-order valence-electron chi connectivity index (χ1n) is 7.71. The van der Waals surface area contributed by atoms with Gasteiger partial charge in [0.25, 0.3) is 0 Å². The van der Waals surface area contributed by atoms with Crippen LogP contribution in [0, 0.1) is 6.92 Å². The molecule has 1 atom stereocenters. The quantitative estimate of drug-likeness (QED) is 0.788. The van der Waals surface area contributed by atoms with E-state index in [0.29, 0.717) is 0 Å². The van der Waals surface area contributed by atoms with Crippen LogP contribution in [0.5, 0.6) is 0 Å². The topological polar surface area (TPSA) is 55.6 Å². The maximum Gasteiger partial charge on any atom is 0.138 e. The predicted octanol–water partition coefficient (Wildman–Crippen LogP) is 3.16. The van der Waals surface area contributed by atoms with Crippen molar-refractivity contribution in [2.75, 3.05) is 5.32 Å². The maximum absolute atomic E-state index is 4.57. The van der Waals surface area contributed by atoms with E-state index in [1.807, 2.05) is 23.9 Å². The summed E-state index contributed by atoms with van der Waals surface area (Å²) in [4.78, 5) is 8.87. The Balaban J connectivity index is 1.76. The molecule has 0 saturated carbocycles. The van der Waals surface area contributed by atoms with Gasteiger partial charge in [-0.15, -0.1) is 0 Å². The van der Waals surface area contributed by atoms with Crippen LogP contribution < -0.4 is 5.32 Å². The third-order valence-electron chi connectivity index (χ3n) is 4.40. The molecular weight excluding hydrogens is 274 g/mol. The zero-order chi connectivity index (χ0) is 15.1. The highest BCUT2D eigenvalue weighted by Gasteiger charge is 2.24. The van der Waals surface area contributed by atoms with Crippen LogP contribution in [0.1, 0.15) is 35.7 Å². The molecule has 112 valence electrons. The maximum atomic E-state index is 4.57. The molecule has 0 radical (unpaired) electrons. The monoisotopic (exact) mass is 293 g/mol. The van der Waals surface area contributed by atoms with Crippen LogP contribution in [0.25, 0.3) is 10.9 Å². The van der Waals surface area contributed by atoms with Gasteiger partial charge >= 0.3 is 0 Å². The first kappa shape index (κ1) is 13.2. The van der Waals surface area contributed by atoms with Gasteiger partial charge in [-0.2, -0.15) is 5.10 Å². The SMILES string of the molecule is Cc1cccc2ncnc(N[C@@H]3CCCc4nn(C)cc43)c12. The second-order valence-electron chi connectivity index (χ2n) is 5.99. The van der Waals surface area contributed by atoms with Crippen molar-refractivity contribution in [1.29, 1.82) is 0 Å². The summed E-state index contributed by atoms with van der Waals surface area (Å²) in [7, 11) is 1.99. The number of aryl methyl sites for hydroxylation is 3. The van der Waals surface area contributed by atoms with Crippen LogP contribution in [0.3, 0.4) is 0 Å². The summed E-state index contributed by atoms with van der Waals surface area (Å²) >= 11 is 0. The van der Waals surface area contributed by atoms with Gasteiger partial charge in [0, 0.05) is 24.2 Å². The zero-order valence-electron chi connectivity index (χ0n) is 12.9. The van der Waals surface area contributed by atoms with E-state index in [-0.39, 0.29) is 6.04 Å². The Bertz CT molecular complexity index is 831. The first-order chi connectivity index (χ1) is 10.7. The van der Waals surface area contributed by atoms with Crippen molar-refractivity contribution in [2.45, 2.75) is 32.2 Å². The van der Waals surface area contributed by atoms with E-state index < -0.39 is 0 Å². The number of hydrogen-bond acceptors (Lipinski definition) is 4. The second-order valence-corrected chi connectivity index (χ2v) is 5.99. The van der Waals surface area contributed by atoms with E-state index in [0.717, 1.165) is 36.0 Å². The molecule has 2 heterocycles. The number of rotatable bonds is 2. The molecule has 0 spiro atoms. The summed E-state index contributed by atoms with van der Waals surface area (Å²) in [5, 5.41) is 9.31. The average molecular weight is 293 g/mol. The lowest BCUT2D eigenvalue weighted by Crippen LogP contribution is -2.17. The van der Waals surface area contributed by atoms with E-state index in [1.54, 1.807) is 6.33 Å². The molecule has 0 aliphatic heterocycles. The van der Waals surface area contributed by atoms with Crippen molar-refractivity contribution in [1.82, 2.24) is 19.7 Å². The van der Waals surface area contributed by atoms with Gasteiger partial charge in [0.1, 0.15) is 12.1 Å². The Morgan fingerprint density at radius 1 is 1.27 bits per heavy atom. The van der Waals surface area contributed by atoms with Gasteiger partial charge < -0.3 is 5.32 Å². The summed E-state index contributed by atoms with van der Waals surface area (Å²) in [6.07, 6.45) is 7.09. The van der Waals surface area contributed by atoms with Gasteiger partial charge in [-0.3, -0.25) is 4.68 Å². The minimum atomic E-state index is 0.273. The third-order valence-corrected chi connectivity index (χ3v) is 4.40. The lowest BCUT2D eigenvalue weighted by molar-refractivity contribution is 0.592. The van der Waals surface area contributed by atoms with Crippen LogP contribution in [0.2, 0.25) is 0 Å². The molecule has 0 amide bonds. The number of anilines is 1. The lowest BCUT2D eigenvalue weighted by Gasteiger charge is -2.24. The summed E-state index contributed by atoms with van der Waals surface area (Å²) in [6, 6.07) is 6.45. The average Bonchev–Trinajstić information content (AvgIpc) is 2.89. The largest absolute Gasteiger partial charge is 0.363 e. The van der Waals surface area contributed by atoms with E-state index in [4.69, 9.17) is 0 Å². The molecule has 1 N–H and O–H groups in total. The number of nitrogens with one attached hydrogen (secondary N) is 1. The van der Waals surface area contributed by atoms with E-state index >= 15 is 0 Å². The fourth-order valence-electron chi connectivity index (χ4n) is 3.37. The zero-order valence-corrected chi connectivity index (χ0v) is 12.9. The molecule has 5 heteroatoms. The highest BCUT2D eigenvalue weighted by atomic mass is 15.3. The highest BCUT2D eigenvalue weighted by Crippen LogP contribution is 2.33. The van der Waals surface area contributed by atoms with Crippen LogP contribution in [0.15, 0.2) is 30.7 Å². The Hall–Kier alpha value is -2.43. The number of hydrogen-bond donors (Lipinski definition) is 1. The van der Waals surface area contributed by atoms with Crippen molar-refractivity contribution < 1.29 is 0 Å². The molecule has 0 saturated heterocycles. The molecule has 3 aromatic rings. The third kappa shape index (κ3) is 2.13. The summed E-state index contributed by atoms with van der Waals surface area (Å²) in [5.74, 6) is 0.921. The van der Waals surface area contributed by atoms with E-state index in [9.17, 15) is 0 Å². The highest BCUT2D eigenvalue weighted by molar-refractivity contribution is 5.91. The number of fused-ring (bicyclic) bond motifs is 2. The minimum absolute atomic E-state index is 0.273. The van der Waals surface area contributed by atoms with Crippen LogP contribution in [-0.4, -0.2) is 19.7 Å². The molecule has 4 rings (SSSR count). The van der Waals surface area contributed by atoms with Crippen molar-refractivity contribution >= 4 is 16.7 Å². The molecule has 2 aromatic heterocycles. The van der Waals surface area contributed by atoms with Gasteiger partial charge in [-0.05, 0) is 37.8 Å². The normalized spacial score (nSPS) is 17.5. The van der Waals surface area contributed by atoms with E-state index in [2.05, 4.69) is 39.6 Å². The van der Waals surface area contributed by atoms with Crippen molar-refractivity contribution in [2.24, 2.45) is 7.05 Å². The summed E-state index contributed by atoms with van der Waals surface area (Å²) in [6.45, 7) is 2.10. The Morgan fingerprint density at radius 2 is 2.18 bits per heavy atom. The molecule has 5 nitrogen and oxygen atoms in total. The minimum Gasteiger partial charge on any atom is -0.363 e. The van der Waals surface area contributed by atoms with E-state index in [1.165, 1.54) is 16.8 Å². The second kappa shape index (κ2) is 5.09. The molecule has 22 heavy (non-hydrogen) atoms. The van der Waals surface area contributed by atoms with Crippen molar-refractivity contribution in [3.8, 4) is 0 Å². The lowest BCUT2D eigenvalue weighted by atomic mass is 9.93. The molecule has 0 bridgehead atoms. The summed E-state index contributed by atoms with van der Waals surface area (Å²) in [5.41, 5.74) is 4.69. The molecular formula is C17H19N5. The first-order valence-corrected chi connectivity index (χ1v) is 7.71. The van der Waals surface area contributed by atoms with Crippen LogP contribution in [-0.2, 0) is 13.5 Å². The van der Waals surface area contributed by atoms with Crippen LogP contribution >= 0.6 is 0 Å². The number of benzene rings is 1. The Kier molecular flexibility index (Phi) is 3.06. The standard InChI is InChI=1S/C17H19N5/c1-11-5-3-8-15-16(11)17(19-10-18-15)20-13-6-4-7-14-12(13)9-22(2)21-14/h3,5,8-10,13H,4,6-7H2,1-2H3,(H,18,19,20)/t13-/m1/s1. The molecule has 1 aliphatic rings. The van der Waals surface area contributed by atoms with Crippen LogP contribution in [0.4, 0.5) is 5.82 Å². The van der Waals surface area contributed by atoms with Gasteiger partial charge in [0.2, 0.25) is 0 Å². The smallest absolute Gasteiger partial charge is 0.138 e. The van der Waals surface area contributed by atoms with Gasteiger partial charge in [0.15, 0.2) is 0 Å². The van der Waals surface area contributed by atoms with Gasteiger partial charge in [-0.1, -0.05) is 12.1 Å². The van der Waals surface area contributed by atoms with Crippen molar-refractivity contribution in [3.63, 3.8) is 0 Å². The predicted molar refractivity (Wildman–Crippen MR) is 86.8 cm³/mol. The van der Waals surface area contributed by atoms with Gasteiger partial charge in [0.05, 0.1) is 17.3 Å². The number of aromatic nitrogens is 4. The molecule has 1 aliphatic carbocycles. The Labute approximate surface area is 129 Å². The molecule has 0 fully saturated rings. The molecule has 0 unspecified atom stereocenters. The van der Waals surface area contributed by atoms with Crippen molar-refractivity contribution in [3.05, 3.63) is 47.5 Å².